The van der Waals surface area contributed by atoms with Gasteiger partial charge in [0.25, 0.3) is 0 Å². The van der Waals surface area contributed by atoms with Crippen molar-refractivity contribution in [3.8, 4) is 6.07 Å². The summed E-state index contributed by atoms with van der Waals surface area (Å²) >= 11 is 0. The van der Waals surface area contributed by atoms with Crippen molar-refractivity contribution in [1.82, 2.24) is 0 Å². The van der Waals surface area contributed by atoms with Crippen LogP contribution in [0.25, 0.3) is 0 Å². The van der Waals surface area contributed by atoms with E-state index in [0.717, 1.165) is 11.3 Å². The Hall–Kier alpha value is -2.15. The molecule has 0 aromatic heterocycles. The van der Waals surface area contributed by atoms with Crippen LogP contribution in [0.4, 0.5) is 5.69 Å². The number of benzene rings is 1. The normalized spacial score (nSPS) is 9.87. The predicted molar refractivity (Wildman–Crippen MR) is 62.4 cm³/mol. The van der Waals surface area contributed by atoms with E-state index in [4.69, 9.17) is 5.26 Å². The van der Waals surface area contributed by atoms with Gasteiger partial charge in [0.1, 0.15) is 6.67 Å². The van der Waals surface area contributed by atoms with E-state index in [9.17, 15) is 0 Å². The molecule has 0 saturated heterocycles. The molecular weight excluding hydrogens is 188 g/mol. The second-order valence-electron chi connectivity index (χ2n) is 2.96. The molecular formula is C11H12N4. The van der Waals surface area contributed by atoms with Crippen LogP contribution in [0.3, 0.4) is 0 Å². The summed E-state index contributed by atoms with van der Waals surface area (Å²) < 4.78 is 0. The monoisotopic (exact) mass is 200 g/mol. The molecule has 0 heterocycles. The minimum atomic E-state index is 0.350. The lowest BCUT2D eigenvalue weighted by Crippen LogP contribution is -1.97. The molecule has 0 unspecified atom stereocenters. The van der Waals surface area contributed by atoms with Crippen molar-refractivity contribution in [2.45, 2.75) is 6.92 Å². The minimum absolute atomic E-state index is 0.350. The average Bonchev–Trinajstić information content (AvgIpc) is 2.26. The van der Waals surface area contributed by atoms with E-state index in [1.807, 2.05) is 19.1 Å². The second kappa shape index (κ2) is 5.55. The first-order valence-electron chi connectivity index (χ1n) is 4.46. The van der Waals surface area contributed by atoms with Crippen molar-refractivity contribution in [1.29, 1.82) is 5.26 Å². The third-order valence-corrected chi connectivity index (χ3v) is 1.85. The Balaban J connectivity index is 2.71. The van der Waals surface area contributed by atoms with Crippen LogP contribution in [0, 0.1) is 18.3 Å². The third kappa shape index (κ3) is 3.24. The van der Waals surface area contributed by atoms with Gasteiger partial charge in [0.15, 0.2) is 0 Å². The number of rotatable bonds is 4. The van der Waals surface area contributed by atoms with Gasteiger partial charge in [-0.1, -0.05) is 0 Å². The number of nitrogens with zero attached hydrogens (tertiary/aromatic N) is 3. The molecule has 76 valence electrons. The van der Waals surface area contributed by atoms with Crippen molar-refractivity contribution in [3.05, 3.63) is 29.3 Å². The fraction of sp³-hybridized carbons (Fsp3) is 0.182. The number of hydrogen-bond acceptors (Lipinski definition) is 3. The van der Waals surface area contributed by atoms with Crippen molar-refractivity contribution in [2.75, 3.05) is 12.0 Å². The predicted octanol–water partition coefficient (Wildman–Crippen LogP) is 1.96. The van der Waals surface area contributed by atoms with Crippen LogP contribution in [0.1, 0.15) is 11.1 Å². The molecule has 0 atom stereocenters. The lowest BCUT2D eigenvalue weighted by molar-refractivity contribution is 1.09. The Bertz CT molecular complexity index is 415. The molecule has 4 heteroatoms. The smallest absolute Gasteiger partial charge is 0.130 e. The van der Waals surface area contributed by atoms with Crippen LogP contribution >= 0.6 is 0 Å². The van der Waals surface area contributed by atoms with Gasteiger partial charge >= 0.3 is 0 Å². The Labute approximate surface area is 89.0 Å². The van der Waals surface area contributed by atoms with Gasteiger partial charge in [0.2, 0.25) is 0 Å². The first-order chi connectivity index (χ1) is 7.27. The van der Waals surface area contributed by atoms with Gasteiger partial charge in [-0.2, -0.15) is 5.26 Å². The fourth-order valence-electron chi connectivity index (χ4n) is 1.11. The molecule has 0 amide bonds. The lowest BCUT2D eigenvalue weighted by Gasteiger charge is -2.04. The number of nitrogens with one attached hydrogen (secondary N) is 1. The third-order valence-electron chi connectivity index (χ3n) is 1.85. The maximum absolute atomic E-state index is 8.68. The number of hydrogen-bond donors (Lipinski definition) is 1. The largest absolute Gasteiger partial charge is 0.346 e. The SMILES string of the molecule is C=NC/N=C/Nc1ccc(C#N)cc1C. The molecule has 0 fully saturated rings. The van der Waals surface area contributed by atoms with Crippen LogP contribution in [0.15, 0.2) is 28.2 Å². The maximum Gasteiger partial charge on any atom is 0.130 e. The van der Waals surface area contributed by atoms with E-state index >= 15 is 0 Å². The summed E-state index contributed by atoms with van der Waals surface area (Å²) in [7, 11) is 0. The zero-order valence-electron chi connectivity index (χ0n) is 8.57. The van der Waals surface area contributed by atoms with Crippen molar-refractivity contribution < 1.29 is 0 Å². The summed E-state index contributed by atoms with van der Waals surface area (Å²) in [6, 6.07) is 7.52. The van der Waals surface area contributed by atoms with Crippen LogP contribution in [0.2, 0.25) is 0 Å². The van der Waals surface area contributed by atoms with Crippen molar-refractivity contribution in [3.63, 3.8) is 0 Å². The van der Waals surface area contributed by atoms with Crippen LogP contribution in [-0.4, -0.2) is 19.7 Å². The van der Waals surface area contributed by atoms with Crippen molar-refractivity contribution >= 4 is 18.7 Å². The molecule has 1 N–H and O–H groups in total. The molecule has 0 radical (unpaired) electrons. The maximum atomic E-state index is 8.68. The summed E-state index contributed by atoms with van der Waals surface area (Å²) in [5.74, 6) is 0. The first kappa shape index (κ1) is 10.9. The molecule has 1 aromatic carbocycles. The topological polar surface area (TPSA) is 60.5 Å². The quantitative estimate of drug-likeness (QED) is 0.596. The Morgan fingerprint density at radius 1 is 1.60 bits per heavy atom. The molecule has 0 spiro atoms. The van der Waals surface area contributed by atoms with Crippen LogP contribution < -0.4 is 5.32 Å². The van der Waals surface area contributed by atoms with Gasteiger partial charge in [0, 0.05) is 5.69 Å². The molecule has 1 aromatic rings. The lowest BCUT2D eigenvalue weighted by atomic mass is 10.1. The van der Waals surface area contributed by atoms with Gasteiger partial charge in [-0.3, -0.25) is 9.98 Å². The van der Waals surface area contributed by atoms with Gasteiger partial charge in [-0.05, 0) is 37.4 Å². The van der Waals surface area contributed by atoms with Crippen molar-refractivity contribution in [2.24, 2.45) is 9.98 Å². The van der Waals surface area contributed by atoms with E-state index in [2.05, 4.69) is 28.1 Å². The van der Waals surface area contributed by atoms with Crippen LogP contribution in [-0.2, 0) is 0 Å². The van der Waals surface area contributed by atoms with Gasteiger partial charge < -0.3 is 5.32 Å². The van der Waals surface area contributed by atoms with E-state index in [1.54, 1.807) is 12.4 Å². The van der Waals surface area contributed by atoms with Gasteiger partial charge in [-0.25, -0.2) is 0 Å². The summed E-state index contributed by atoms with van der Waals surface area (Å²) in [6.07, 6.45) is 1.57. The summed E-state index contributed by atoms with van der Waals surface area (Å²) in [5.41, 5.74) is 2.59. The highest BCUT2D eigenvalue weighted by atomic mass is 15.0. The highest BCUT2D eigenvalue weighted by Gasteiger charge is 1.97. The summed E-state index contributed by atoms with van der Waals surface area (Å²) in [6.45, 7) is 5.60. The number of anilines is 1. The molecule has 1 rings (SSSR count). The molecule has 4 nitrogen and oxygen atoms in total. The van der Waals surface area contributed by atoms with E-state index in [1.165, 1.54) is 0 Å². The molecule has 0 aliphatic rings. The highest BCUT2D eigenvalue weighted by molar-refractivity contribution is 5.77. The first-order valence-corrected chi connectivity index (χ1v) is 4.46. The van der Waals surface area contributed by atoms with E-state index < -0.39 is 0 Å². The number of nitriles is 1. The number of aryl methyl sites for hydroxylation is 1. The Morgan fingerprint density at radius 3 is 3.00 bits per heavy atom. The van der Waals surface area contributed by atoms with Gasteiger partial charge in [-0.15, -0.1) is 0 Å². The van der Waals surface area contributed by atoms with Gasteiger partial charge in [0.05, 0.1) is 18.0 Å². The fourth-order valence-corrected chi connectivity index (χ4v) is 1.11. The molecule has 0 bridgehead atoms. The molecule has 0 saturated carbocycles. The zero-order chi connectivity index (χ0) is 11.1. The summed E-state index contributed by atoms with van der Waals surface area (Å²) in [4.78, 5) is 7.52. The van der Waals surface area contributed by atoms with E-state index in [0.29, 0.717) is 12.2 Å². The zero-order valence-corrected chi connectivity index (χ0v) is 8.57. The minimum Gasteiger partial charge on any atom is -0.346 e. The van der Waals surface area contributed by atoms with E-state index in [-0.39, 0.29) is 0 Å². The van der Waals surface area contributed by atoms with Crippen LogP contribution in [0.5, 0.6) is 0 Å². The average molecular weight is 200 g/mol. The molecule has 0 aliphatic heterocycles. The number of aliphatic imine (C=N–C) groups is 2. The second-order valence-corrected chi connectivity index (χ2v) is 2.96. The standard InChI is InChI=1S/C11H12N4/c1-9-5-10(6-12)3-4-11(9)15-8-14-7-13-2/h3-5,8H,2,7H2,1H3,(H,14,15). The molecule has 15 heavy (non-hydrogen) atoms. The Kier molecular flexibility index (Phi) is 4.05. The summed E-state index contributed by atoms with van der Waals surface area (Å²) in [5, 5.41) is 11.7. The highest BCUT2D eigenvalue weighted by Crippen LogP contribution is 2.14. The Morgan fingerprint density at radius 2 is 2.40 bits per heavy atom. The molecule has 0 aliphatic carbocycles.